The number of hydrogen-bond donors (Lipinski definition) is 2. The number of aryl methyl sites for hydroxylation is 1. The standard InChI is InChI=1S/C15H22BrN3O3/c1-10-4-12(16)5-17-13(10)14(21)18-7-15(8-20)9-22-6-11(2)19(15)3/h4-5,11,20H,6-9H2,1-3H3,(H,18,21)/t11-,15+/m1/s1. The molecule has 0 aromatic carbocycles. The van der Waals surface area contributed by atoms with Crippen molar-refractivity contribution in [3.8, 4) is 0 Å². The van der Waals surface area contributed by atoms with Crippen LogP contribution in [-0.2, 0) is 4.74 Å². The van der Waals surface area contributed by atoms with Crippen molar-refractivity contribution in [1.29, 1.82) is 0 Å². The number of carbonyl (C=O) groups excluding carboxylic acids is 1. The smallest absolute Gasteiger partial charge is 0.270 e. The summed E-state index contributed by atoms with van der Waals surface area (Å²) in [6, 6.07) is 2.03. The van der Waals surface area contributed by atoms with Crippen molar-refractivity contribution in [2.24, 2.45) is 0 Å². The fourth-order valence-electron chi connectivity index (χ4n) is 2.60. The number of halogens is 1. The van der Waals surface area contributed by atoms with Gasteiger partial charge in [-0.2, -0.15) is 0 Å². The van der Waals surface area contributed by atoms with Crippen molar-refractivity contribution < 1.29 is 14.6 Å². The molecule has 1 aromatic rings. The Balaban J connectivity index is 2.08. The molecule has 1 aliphatic rings. The first-order valence-electron chi connectivity index (χ1n) is 7.21. The van der Waals surface area contributed by atoms with Gasteiger partial charge in [0.05, 0.1) is 25.4 Å². The van der Waals surface area contributed by atoms with Crippen LogP contribution in [0.1, 0.15) is 23.0 Å². The molecule has 0 bridgehead atoms. The van der Waals surface area contributed by atoms with Crippen LogP contribution < -0.4 is 5.32 Å². The summed E-state index contributed by atoms with van der Waals surface area (Å²) in [6.45, 7) is 5.11. The molecule has 0 aliphatic carbocycles. The zero-order valence-corrected chi connectivity index (χ0v) is 14.7. The molecule has 0 spiro atoms. The van der Waals surface area contributed by atoms with Gasteiger partial charge in [0.1, 0.15) is 5.69 Å². The van der Waals surface area contributed by atoms with Crippen LogP contribution in [0, 0.1) is 6.92 Å². The summed E-state index contributed by atoms with van der Waals surface area (Å²) >= 11 is 3.33. The summed E-state index contributed by atoms with van der Waals surface area (Å²) in [5.41, 5.74) is 0.589. The highest BCUT2D eigenvalue weighted by Crippen LogP contribution is 2.22. The summed E-state index contributed by atoms with van der Waals surface area (Å²) in [7, 11) is 1.94. The first-order chi connectivity index (χ1) is 10.4. The maximum absolute atomic E-state index is 12.3. The molecule has 0 unspecified atom stereocenters. The number of nitrogens with zero attached hydrogens (tertiary/aromatic N) is 2. The van der Waals surface area contributed by atoms with Crippen molar-refractivity contribution >= 4 is 21.8 Å². The molecule has 7 heteroatoms. The number of aliphatic hydroxyl groups excluding tert-OH is 1. The van der Waals surface area contributed by atoms with Gasteiger partial charge in [-0.05, 0) is 48.5 Å². The van der Waals surface area contributed by atoms with Crippen LogP contribution in [0.25, 0.3) is 0 Å². The Morgan fingerprint density at radius 3 is 3.05 bits per heavy atom. The van der Waals surface area contributed by atoms with Crippen molar-refractivity contribution in [3.05, 3.63) is 28.0 Å². The number of rotatable bonds is 4. The summed E-state index contributed by atoms with van der Waals surface area (Å²) in [5, 5.41) is 12.7. The van der Waals surface area contributed by atoms with Crippen molar-refractivity contribution in [3.63, 3.8) is 0 Å². The number of nitrogens with one attached hydrogen (secondary N) is 1. The van der Waals surface area contributed by atoms with Gasteiger partial charge in [0, 0.05) is 23.3 Å². The molecule has 6 nitrogen and oxygen atoms in total. The first-order valence-corrected chi connectivity index (χ1v) is 8.01. The highest BCUT2D eigenvalue weighted by molar-refractivity contribution is 9.10. The zero-order chi connectivity index (χ0) is 16.3. The van der Waals surface area contributed by atoms with Gasteiger partial charge in [-0.1, -0.05) is 0 Å². The van der Waals surface area contributed by atoms with E-state index in [4.69, 9.17) is 4.74 Å². The van der Waals surface area contributed by atoms with E-state index in [-0.39, 0.29) is 18.6 Å². The van der Waals surface area contributed by atoms with Crippen LogP contribution in [0.3, 0.4) is 0 Å². The van der Waals surface area contributed by atoms with Gasteiger partial charge < -0.3 is 15.2 Å². The molecule has 122 valence electrons. The summed E-state index contributed by atoms with van der Waals surface area (Å²) in [4.78, 5) is 18.6. The van der Waals surface area contributed by atoms with E-state index < -0.39 is 5.54 Å². The second-order valence-electron chi connectivity index (χ2n) is 5.86. The molecule has 2 heterocycles. The summed E-state index contributed by atoms with van der Waals surface area (Å²) < 4.78 is 6.40. The second kappa shape index (κ2) is 7.04. The van der Waals surface area contributed by atoms with Crippen LogP contribution in [0.5, 0.6) is 0 Å². The fourth-order valence-corrected chi connectivity index (χ4v) is 3.04. The van der Waals surface area contributed by atoms with E-state index in [2.05, 4.69) is 31.1 Å². The molecule has 0 saturated carbocycles. The predicted octanol–water partition coefficient (Wildman–Crippen LogP) is 0.964. The number of carbonyl (C=O) groups is 1. The average Bonchev–Trinajstić information content (AvgIpc) is 2.49. The largest absolute Gasteiger partial charge is 0.394 e. The minimum absolute atomic E-state index is 0.0825. The predicted molar refractivity (Wildman–Crippen MR) is 86.9 cm³/mol. The van der Waals surface area contributed by atoms with E-state index in [9.17, 15) is 9.90 Å². The zero-order valence-electron chi connectivity index (χ0n) is 13.1. The van der Waals surface area contributed by atoms with E-state index in [0.29, 0.717) is 25.5 Å². The SMILES string of the molecule is Cc1cc(Br)cnc1C(=O)NC[C@]1(CO)COC[C@@H](C)N1C. The lowest BCUT2D eigenvalue weighted by molar-refractivity contribution is -0.105. The van der Waals surface area contributed by atoms with Gasteiger partial charge >= 0.3 is 0 Å². The Kier molecular flexibility index (Phi) is 5.55. The van der Waals surface area contributed by atoms with Crippen LogP contribution in [-0.4, -0.2) is 65.9 Å². The maximum atomic E-state index is 12.3. The highest BCUT2D eigenvalue weighted by Gasteiger charge is 2.40. The van der Waals surface area contributed by atoms with Crippen LogP contribution >= 0.6 is 15.9 Å². The number of aliphatic hydroxyl groups is 1. The maximum Gasteiger partial charge on any atom is 0.270 e. The molecule has 1 amide bonds. The summed E-state index contributed by atoms with van der Waals surface area (Å²) in [5.74, 6) is -0.246. The number of hydrogen-bond acceptors (Lipinski definition) is 5. The molecule has 2 atom stereocenters. The van der Waals surface area contributed by atoms with Gasteiger partial charge in [0.15, 0.2) is 0 Å². The molecular weight excluding hydrogens is 350 g/mol. The lowest BCUT2D eigenvalue weighted by Crippen LogP contribution is -2.65. The molecule has 22 heavy (non-hydrogen) atoms. The van der Waals surface area contributed by atoms with Crippen molar-refractivity contribution in [1.82, 2.24) is 15.2 Å². The second-order valence-corrected chi connectivity index (χ2v) is 6.77. The number of amides is 1. The molecule has 2 rings (SSSR count). The van der Waals surface area contributed by atoms with E-state index in [1.807, 2.05) is 27.0 Å². The fraction of sp³-hybridized carbons (Fsp3) is 0.600. The third kappa shape index (κ3) is 3.48. The van der Waals surface area contributed by atoms with Gasteiger partial charge in [0.25, 0.3) is 5.91 Å². The molecule has 1 aliphatic heterocycles. The van der Waals surface area contributed by atoms with E-state index in [1.54, 1.807) is 6.20 Å². The van der Waals surface area contributed by atoms with E-state index in [1.165, 1.54) is 0 Å². The Bertz CT molecular complexity index is 555. The highest BCUT2D eigenvalue weighted by atomic mass is 79.9. The molecule has 0 radical (unpaired) electrons. The van der Waals surface area contributed by atoms with E-state index in [0.717, 1.165) is 10.0 Å². The normalized spacial score (nSPS) is 26.0. The number of ether oxygens (including phenoxy) is 1. The van der Waals surface area contributed by atoms with E-state index >= 15 is 0 Å². The number of likely N-dealkylation sites (N-methyl/N-ethyl adjacent to an activating group) is 1. The lowest BCUT2D eigenvalue weighted by Gasteiger charge is -2.47. The Morgan fingerprint density at radius 2 is 2.41 bits per heavy atom. The van der Waals surface area contributed by atoms with Crippen molar-refractivity contribution in [2.75, 3.05) is 33.4 Å². The van der Waals surface area contributed by atoms with Gasteiger partial charge in [-0.15, -0.1) is 0 Å². The third-order valence-electron chi connectivity index (χ3n) is 4.27. The molecule has 2 N–H and O–H groups in total. The first kappa shape index (κ1) is 17.3. The van der Waals surface area contributed by atoms with Gasteiger partial charge in [-0.25, -0.2) is 4.98 Å². The minimum atomic E-state index is -0.601. The molecule has 1 saturated heterocycles. The minimum Gasteiger partial charge on any atom is -0.394 e. The Hall–Kier alpha value is -1.02. The molecule has 1 aromatic heterocycles. The lowest BCUT2D eigenvalue weighted by atomic mass is 9.96. The van der Waals surface area contributed by atoms with Crippen LogP contribution in [0.2, 0.25) is 0 Å². The average molecular weight is 372 g/mol. The van der Waals surface area contributed by atoms with Crippen molar-refractivity contribution in [2.45, 2.75) is 25.4 Å². The summed E-state index contributed by atoms with van der Waals surface area (Å²) in [6.07, 6.45) is 1.60. The Morgan fingerprint density at radius 1 is 1.68 bits per heavy atom. The van der Waals surface area contributed by atoms with Gasteiger partial charge in [0.2, 0.25) is 0 Å². The van der Waals surface area contributed by atoms with Crippen LogP contribution in [0.4, 0.5) is 0 Å². The quantitative estimate of drug-likeness (QED) is 0.824. The molecular formula is C15H22BrN3O3. The number of pyridine rings is 1. The topological polar surface area (TPSA) is 74.7 Å². The molecule has 1 fully saturated rings. The van der Waals surface area contributed by atoms with Crippen LogP contribution in [0.15, 0.2) is 16.7 Å². The number of morpholine rings is 1. The third-order valence-corrected chi connectivity index (χ3v) is 4.71. The number of aromatic nitrogens is 1. The van der Waals surface area contributed by atoms with Gasteiger partial charge in [-0.3, -0.25) is 9.69 Å². The monoisotopic (exact) mass is 371 g/mol. The Labute approximate surface area is 139 Å².